The minimum absolute atomic E-state index is 0.179. The average molecular weight is 294 g/mol. The molecule has 2 aliphatic heterocycles. The van der Waals surface area contributed by atoms with Gasteiger partial charge < -0.3 is 9.47 Å². The van der Waals surface area contributed by atoms with Crippen molar-refractivity contribution in [2.24, 2.45) is 29.6 Å². The quantitative estimate of drug-likeness (QED) is 0.559. The van der Waals surface area contributed by atoms with Crippen molar-refractivity contribution in [3.8, 4) is 0 Å². The summed E-state index contributed by atoms with van der Waals surface area (Å²) in [5.41, 5.74) is 0. The lowest BCUT2D eigenvalue weighted by molar-refractivity contribution is -0.155. The van der Waals surface area contributed by atoms with Crippen molar-refractivity contribution in [2.45, 2.75) is 39.0 Å². The molecule has 0 amide bonds. The molecule has 0 aromatic heterocycles. The summed E-state index contributed by atoms with van der Waals surface area (Å²) in [6.45, 7) is 2.03. The monoisotopic (exact) mass is 294 g/mol. The van der Waals surface area contributed by atoms with Gasteiger partial charge >= 0.3 is 23.9 Å². The topological polar surface area (TPSA) is 86.7 Å². The fourth-order valence-corrected chi connectivity index (χ4v) is 3.70. The Labute approximate surface area is 122 Å². The smallest absolute Gasteiger partial charge is 0.317 e. The number of hydrogen-bond donors (Lipinski definition) is 0. The molecule has 5 unspecified atom stereocenters. The van der Waals surface area contributed by atoms with Gasteiger partial charge in [0.25, 0.3) is 0 Å². The highest BCUT2D eigenvalue weighted by Crippen LogP contribution is 2.48. The van der Waals surface area contributed by atoms with E-state index in [1.807, 2.05) is 6.92 Å². The van der Waals surface area contributed by atoms with E-state index in [4.69, 9.17) is 0 Å². The Kier molecular flexibility index (Phi) is 3.55. The molecule has 3 rings (SSSR count). The van der Waals surface area contributed by atoms with Crippen LogP contribution < -0.4 is 0 Å². The lowest BCUT2D eigenvalue weighted by Gasteiger charge is -2.35. The van der Waals surface area contributed by atoms with Gasteiger partial charge in [-0.25, -0.2) is 0 Å². The first-order valence-electron chi connectivity index (χ1n) is 7.45. The van der Waals surface area contributed by atoms with Crippen molar-refractivity contribution in [2.75, 3.05) is 0 Å². The van der Waals surface area contributed by atoms with Crippen LogP contribution in [0.15, 0.2) is 0 Å². The maximum atomic E-state index is 11.5. The molecule has 5 atom stereocenters. The number of carbonyl (C=O) groups is 4. The number of esters is 4. The maximum absolute atomic E-state index is 11.5. The second-order valence-corrected chi connectivity index (χ2v) is 6.48. The van der Waals surface area contributed by atoms with Crippen molar-refractivity contribution in [1.82, 2.24) is 0 Å². The van der Waals surface area contributed by atoms with Gasteiger partial charge in [-0.2, -0.15) is 0 Å². The highest BCUT2D eigenvalue weighted by Gasteiger charge is 2.56. The molecule has 3 fully saturated rings. The number of cyclic esters (lactones) is 4. The van der Waals surface area contributed by atoms with Gasteiger partial charge in [0, 0.05) is 0 Å². The van der Waals surface area contributed by atoms with Gasteiger partial charge in [-0.1, -0.05) is 13.3 Å². The number of fused-ring (bicyclic) bond motifs is 1. The molecular weight excluding hydrogens is 276 g/mol. The van der Waals surface area contributed by atoms with Gasteiger partial charge in [-0.05, 0) is 31.1 Å². The predicted octanol–water partition coefficient (Wildman–Crippen LogP) is 1.22. The van der Waals surface area contributed by atoms with Gasteiger partial charge in [0.2, 0.25) is 0 Å². The summed E-state index contributed by atoms with van der Waals surface area (Å²) in [5, 5.41) is 0. The summed E-state index contributed by atoms with van der Waals surface area (Å²) < 4.78 is 9.18. The third kappa shape index (κ3) is 2.59. The molecule has 0 spiro atoms. The first-order valence-corrected chi connectivity index (χ1v) is 7.45. The SMILES string of the molecule is CC(CCC1CC2C(=O)OC(=O)C12)CC1CC(=O)OC1=O. The van der Waals surface area contributed by atoms with Gasteiger partial charge in [0.1, 0.15) is 0 Å². The second-order valence-electron chi connectivity index (χ2n) is 6.48. The third-order valence-electron chi connectivity index (χ3n) is 4.95. The molecule has 0 bridgehead atoms. The first kappa shape index (κ1) is 14.2. The van der Waals surface area contributed by atoms with Crippen LogP contribution in [0.5, 0.6) is 0 Å². The van der Waals surface area contributed by atoms with Crippen LogP contribution in [0.2, 0.25) is 0 Å². The van der Waals surface area contributed by atoms with Gasteiger partial charge in [-0.3, -0.25) is 19.2 Å². The Bertz CT molecular complexity index is 510. The van der Waals surface area contributed by atoms with Crippen LogP contribution >= 0.6 is 0 Å². The van der Waals surface area contributed by atoms with Crippen LogP contribution in [-0.4, -0.2) is 23.9 Å². The van der Waals surface area contributed by atoms with Crippen LogP contribution in [0.1, 0.15) is 39.0 Å². The molecule has 1 saturated carbocycles. The zero-order valence-electron chi connectivity index (χ0n) is 11.9. The van der Waals surface area contributed by atoms with E-state index in [1.54, 1.807) is 0 Å². The molecule has 3 aliphatic rings. The number of hydrogen-bond acceptors (Lipinski definition) is 6. The molecule has 0 aromatic carbocycles. The zero-order valence-corrected chi connectivity index (χ0v) is 11.9. The van der Waals surface area contributed by atoms with Crippen LogP contribution in [0.25, 0.3) is 0 Å². The Morgan fingerprint density at radius 2 is 1.86 bits per heavy atom. The summed E-state index contributed by atoms with van der Waals surface area (Å²) in [6.07, 6.45) is 3.26. The summed E-state index contributed by atoms with van der Waals surface area (Å²) in [7, 11) is 0. The molecule has 6 nitrogen and oxygen atoms in total. The van der Waals surface area contributed by atoms with Crippen molar-refractivity contribution >= 4 is 23.9 Å². The molecule has 6 heteroatoms. The standard InChI is InChI=1S/C15H18O6/c1-7(4-9-6-11(16)20-13(9)17)2-3-8-5-10-12(8)15(19)21-14(10)18/h7-10,12H,2-6H2,1H3. The van der Waals surface area contributed by atoms with E-state index in [9.17, 15) is 19.2 Å². The molecule has 1 aliphatic carbocycles. The van der Waals surface area contributed by atoms with Gasteiger partial charge in [0.05, 0.1) is 24.2 Å². The Hall–Kier alpha value is -1.72. The summed E-state index contributed by atoms with van der Waals surface area (Å²) >= 11 is 0. The Balaban J connectivity index is 1.44. The number of carbonyl (C=O) groups excluding carboxylic acids is 4. The molecule has 21 heavy (non-hydrogen) atoms. The molecule has 2 heterocycles. The second kappa shape index (κ2) is 5.24. The first-order chi connectivity index (χ1) is 9.95. The van der Waals surface area contributed by atoms with Crippen molar-refractivity contribution in [3.05, 3.63) is 0 Å². The van der Waals surface area contributed by atoms with Crippen LogP contribution in [0, 0.1) is 29.6 Å². The van der Waals surface area contributed by atoms with Crippen LogP contribution in [-0.2, 0) is 28.7 Å². The van der Waals surface area contributed by atoms with Crippen LogP contribution in [0.3, 0.4) is 0 Å². The Morgan fingerprint density at radius 1 is 1.10 bits per heavy atom. The zero-order chi connectivity index (χ0) is 15.1. The summed E-state index contributed by atoms with van der Waals surface area (Å²) in [6, 6.07) is 0. The molecule has 0 radical (unpaired) electrons. The van der Waals surface area contributed by atoms with Crippen LogP contribution in [0.4, 0.5) is 0 Å². The number of ether oxygens (including phenoxy) is 2. The maximum Gasteiger partial charge on any atom is 0.317 e. The van der Waals surface area contributed by atoms with E-state index in [1.165, 1.54) is 0 Å². The van der Waals surface area contributed by atoms with E-state index < -0.39 is 11.9 Å². The minimum atomic E-state index is -0.439. The molecular formula is C15H18O6. The summed E-state index contributed by atoms with van der Waals surface area (Å²) in [5.74, 6) is -1.90. The fourth-order valence-electron chi connectivity index (χ4n) is 3.70. The van der Waals surface area contributed by atoms with Crippen molar-refractivity contribution < 1.29 is 28.7 Å². The minimum Gasteiger partial charge on any atom is -0.393 e. The molecule has 2 saturated heterocycles. The van der Waals surface area contributed by atoms with Crippen molar-refractivity contribution in [3.63, 3.8) is 0 Å². The Morgan fingerprint density at radius 3 is 2.48 bits per heavy atom. The van der Waals surface area contributed by atoms with E-state index in [0.717, 1.165) is 19.3 Å². The van der Waals surface area contributed by atoms with Gasteiger partial charge in [-0.15, -0.1) is 0 Å². The normalized spacial score (nSPS) is 36.0. The third-order valence-corrected chi connectivity index (χ3v) is 4.95. The lowest BCUT2D eigenvalue weighted by atomic mass is 9.64. The molecule has 0 N–H and O–H groups in total. The van der Waals surface area contributed by atoms with E-state index in [2.05, 4.69) is 9.47 Å². The molecule has 114 valence electrons. The average Bonchev–Trinajstić information content (AvgIpc) is 2.76. The fraction of sp³-hybridized carbons (Fsp3) is 0.733. The lowest BCUT2D eigenvalue weighted by Crippen LogP contribution is -2.38. The molecule has 0 aromatic rings. The van der Waals surface area contributed by atoms with E-state index in [-0.39, 0.29) is 47.9 Å². The van der Waals surface area contributed by atoms with Gasteiger partial charge in [0.15, 0.2) is 0 Å². The highest BCUT2D eigenvalue weighted by atomic mass is 16.6. The predicted molar refractivity (Wildman–Crippen MR) is 68.4 cm³/mol. The van der Waals surface area contributed by atoms with E-state index >= 15 is 0 Å². The summed E-state index contributed by atoms with van der Waals surface area (Å²) in [4.78, 5) is 45.3. The van der Waals surface area contributed by atoms with E-state index in [0.29, 0.717) is 6.42 Å². The largest absolute Gasteiger partial charge is 0.393 e. The highest BCUT2D eigenvalue weighted by molar-refractivity contribution is 5.98. The van der Waals surface area contributed by atoms with Crippen molar-refractivity contribution in [1.29, 1.82) is 0 Å². The number of rotatable bonds is 5.